The van der Waals surface area contributed by atoms with Gasteiger partial charge in [-0.2, -0.15) is 0 Å². The largest absolute Gasteiger partial charge is 0.374 e. The van der Waals surface area contributed by atoms with E-state index in [4.69, 9.17) is 26.5 Å². The van der Waals surface area contributed by atoms with E-state index in [-0.39, 0.29) is 43.9 Å². The van der Waals surface area contributed by atoms with E-state index in [0.717, 1.165) is 0 Å². The second-order valence-corrected chi connectivity index (χ2v) is 11.1. The van der Waals surface area contributed by atoms with Crippen molar-refractivity contribution in [3.63, 3.8) is 0 Å². The van der Waals surface area contributed by atoms with Crippen molar-refractivity contribution < 1.29 is 24.7 Å². The molecule has 2 aromatic heterocycles. The first-order valence-electron chi connectivity index (χ1n) is 13.7. The zero-order valence-corrected chi connectivity index (χ0v) is 24.2. The molecule has 0 spiro atoms. The van der Waals surface area contributed by atoms with E-state index >= 15 is 0 Å². The molecule has 1 amide bonds. The Bertz CT molecular complexity index is 1330. The number of carbonyl (C=O) groups is 1. The first-order valence-corrected chi connectivity index (χ1v) is 14.2. The molecule has 5 atom stereocenters. The molecule has 1 fully saturated rings. The molecule has 0 aliphatic carbocycles. The van der Waals surface area contributed by atoms with Gasteiger partial charge in [-0.25, -0.2) is 26.2 Å². The van der Waals surface area contributed by atoms with Crippen LogP contribution in [-0.2, 0) is 18.5 Å². The molecular weight excluding hydrogens is 533 g/mol. The van der Waals surface area contributed by atoms with E-state index in [9.17, 15) is 4.79 Å². The first kappa shape index (κ1) is 28.5. The van der Waals surface area contributed by atoms with Gasteiger partial charge in [0.05, 0.1) is 12.4 Å². The van der Waals surface area contributed by atoms with Crippen LogP contribution >= 0.6 is 8.53 Å². The predicted molar refractivity (Wildman–Crippen MR) is 151 cm³/mol. The third-order valence-electron chi connectivity index (χ3n) is 6.32. The number of methoxy groups -OCH3 is 1. The summed E-state index contributed by atoms with van der Waals surface area (Å²) in [6.07, 6.45) is 0.290. The van der Waals surface area contributed by atoms with Gasteiger partial charge in [0, 0.05) is 26.1 Å². The molecule has 1 N–H and O–H groups in total. The van der Waals surface area contributed by atoms with Crippen LogP contribution < -0.4 is 5.32 Å². The number of nitrogens with zero attached hydrogens (tertiary/aromatic N) is 6. The van der Waals surface area contributed by atoms with Crippen LogP contribution in [-0.4, -0.2) is 80.8 Å². The van der Waals surface area contributed by atoms with Crippen LogP contribution in [0.3, 0.4) is 0 Å². The molecule has 0 saturated carbocycles. The lowest BCUT2D eigenvalue weighted by Gasteiger charge is -2.37. The molecular formula is C27H36N7O5P. The van der Waals surface area contributed by atoms with Crippen molar-refractivity contribution in [3.05, 3.63) is 60.0 Å². The molecule has 3 aromatic rings. The number of carbonyl (C=O) groups excluding carboxylic acids is 1. The standard InChI is InChI=1S/C27H36N7O5P/c1-17(2)34(18(3)4)40(37-14-13-28-6)39-22-19(5)38-27(23(22)36-7)33-16-31-21-24(29-15-30-25(21)33)32-26(35)20-11-9-8-10-12-20/h8-12,15-19,22-23,27H,13-14H2,1-5,7H3,(H,29,30,32,35)/t19-,22?,23?,27-,40?/m1/s1/i5D. The minimum atomic E-state index is -1.59. The number of amides is 1. The quantitative estimate of drug-likeness (QED) is 0.188. The maximum atomic E-state index is 12.8. The number of fused-ring (bicyclic) bond motifs is 1. The van der Waals surface area contributed by atoms with Gasteiger partial charge in [0.2, 0.25) is 6.54 Å². The highest BCUT2D eigenvalue weighted by Crippen LogP contribution is 2.50. The van der Waals surface area contributed by atoms with Crippen molar-refractivity contribution in [3.8, 4) is 0 Å². The summed E-state index contributed by atoms with van der Waals surface area (Å²) in [7, 11) is -0.0265. The van der Waals surface area contributed by atoms with E-state index in [1.54, 1.807) is 42.3 Å². The average molecular weight is 571 g/mol. The number of benzene rings is 1. The van der Waals surface area contributed by atoms with E-state index in [2.05, 4.69) is 57.5 Å². The summed E-state index contributed by atoms with van der Waals surface area (Å²) in [5.41, 5.74) is 1.31. The van der Waals surface area contributed by atoms with Crippen molar-refractivity contribution in [1.82, 2.24) is 24.2 Å². The number of anilines is 1. The number of aromatic nitrogens is 4. The molecule has 0 radical (unpaired) electrons. The Morgan fingerprint density at radius 1 is 1.23 bits per heavy atom. The summed E-state index contributed by atoms with van der Waals surface area (Å²) in [6.45, 7) is 15.7. The molecule has 1 saturated heterocycles. The van der Waals surface area contributed by atoms with E-state index in [0.29, 0.717) is 16.7 Å². The smallest absolute Gasteiger partial charge is 0.259 e. The summed E-state index contributed by atoms with van der Waals surface area (Å²) in [5, 5.41) is 2.81. The Balaban J connectivity index is 1.62. The number of nitrogens with one attached hydrogen (secondary N) is 1. The second-order valence-electron chi connectivity index (χ2n) is 9.72. The van der Waals surface area contributed by atoms with Gasteiger partial charge in [-0.05, 0) is 46.7 Å². The van der Waals surface area contributed by atoms with Gasteiger partial charge in [0.1, 0.15) is 25.1 Å². The number of imidazole rings is 1. The van der Waals surface area contributed by atoms with Gasteiger partial charge < -0.3 is 28.7 Å². The maximum Gasteiger partial charge on any atom is 0.259 e. The molecule has 3 heterocycles. The molecule has 1 aliphatic heterocycles. The maximum absolute atomic E-state index is 12.8. The van der Waals surface area contributed by atoms with E-state index in [1.807, 2.05) is 6.07 Å². The van der Waals surface area contributed by atoms with Crippen LogP contribution in [0.1, 0.15) is 52.6 Å². The van der Waals surface area contributed by atoms with Crippen molar-refractivity contribution in [2.45, 2.75) is 71.2 Å². The normalized spacial score (nSPS) is 22.1. The Labute approximate surface area is 237 Å². The molecule has 4 rings (SSSR count). The van der Waals surface area contributed by atoms with Crippen LogP contribution in [0, 0.1) is 6.57 Å². The van der Waals surface area contributed by atoms with Gasteiger partial charge in [0.15, 0.2) is 23.2 Å². The summed E-state index contributed by atoms with van der Waals surface area (Å²) in [4.78, 5) is 29.3. The lowest BCUT2D eigenvalue weighted by Crippen LogP contribution is -2.39. The van der Waals surface area contributed by atoms with Crippen LogP contribution in [0.2, 0.25) is 0 Å². The summed E-state index contributed by atoms with van der Waals surface area (Å²) in [6, 6.07) is 9.05. The van der Waals surface area contributed by atoms with Crippen LogP contribution in [0.5, 0.6) is 0 Å². The lowest BCUT2D eigenvalue weighted by molar-refractivity contribution is -0.0466. The van der Waals surface area contributed by atoms with Gasteiger partial charge in [-0.3, -0.25) is 9.36 Å². The molecule has 40 heavy (non-hydrogen) atoms. The van der Waals surface area contributed by atoms with Gasteiger partial charge in [-0.1, -0.05) is 18.2 Å². The van der Waals surface area contributed by atoms with Crippen molar-refractivity contribution in [2.75, 3.05) is 25.6 Å². The molecule has 13 heteroatoms. The van der Waals surface area contributed by atoms with Gasteiger partial charge in [-0.15, -0.1) is 0 Å². The summed E-state index contributed by atoms with van der Waals surface area (Å²) >= 11 is 0. The predicted octanol–water partition coefficient (Wildman–Crippen LogP) is 4.68. The first-order chi connectivity index (χ1) is 19.8. The summed E-state index contributed by atoms with van der Waals surface area (Å²) < 4.78 is 37.0. The highest BCUT2D eigenvalue weighted by Gasteiger charge is 2.48. The summed E-state index contributed by atoms with van der Waals surface area (Å²) in [5.74, 6) is -0.0538. The zero-order chi connectivity index (χ0) is 29.5. The third kappa shape index (κ3) is 6.47. The van der Waals surface area contributed by atoms with Crippen molar-refractivity contribution >= 4 is 31.4 Å². The molecule has 1 aromatic carbocycles. The molecule has 0 bridgehead atoms. The van der Waals surface area contributed by atoms with E-state index < -0.39 is 33.1 Å². The van der Waals surface area contributed by atoms with E-state index in [1.165, 1.54) is 6.33 Å². The molecule has 12 nitrogen and oxygen atoms in total. The number of hydrogen-bond donors (Lipinski definition) is 1. The van der Waals surface area contributed by atoms with Crippen molar-refractivity contribution in [2.24, 2.45) is 0 Å². The molecule has 214 valence electrons. The van der Waals surface area contributed by atoms with Crippen LogP contribution in [0.25, 0.3) is 16.0 Å². The fourth-order valence-electron chi connectivity index (χ4n) is 4.60. The van der Waals surface area contributed by atoms with Gasteiger partial charge in [0.25, 0.3) is 14.4 Å². The Kier molecular flexibility index (Phi) is 9.65. The molecule has 3 unspecified atom stereocenters. The number of hydrogen-bond acceptors (Lipinski definition) is 9. The van der Waals surface area contributed by atoms with Crippen molar-refractivity contribution in [1.29, 1.82) is 0 Å². The highest BCUT2D eigenvalue weighted by molar-refractivity contribution is 7.44. The third-order valence-corrected chi connectivity index (χ3v) is 8.45. The fraction of sp³-hybridized carbons (Fsp3) is 0.519. The molecule has 1 aliphatic rings. The highest BCUT2D eigenvalue weighted by atomic mass is 31.2. The fourth-order valence-corrected chi connectivity index (χ4v) is 6.36. The topological polar surface area (TPSA) is 117 Å². The zero-order valence-electron chi connectivity index (χ0n) is 24.3. The van der Waals surface area contributed by atoms with Crippen LogP contribution in [0.15, 0.2) is 43.0 Å². The number of rotatable bonds is 12. The minimum Gasteiger partial charge on any atom is -0.374 e. The Morgan fingerprint density at radius 3 is 2.62 bits per heavy atom. The second kappa shape index (κ2) is 13.5. The van der Waals surface area contributed by atoms with Gasteiger partial charge >= 0.3 is 0 Å². The Hall–Kier alpha value is -3.04. The average Bonchev–Trinajstić information content (AvgIpc) is 3.54. The Morgan fingerprint density at radius 2 is 1.98 bits per heavy atom. The monoisotopic (exact) mass is 570 g/mol. The minimum absolute atomic E-state index is 0.0738. The van der Waals surface area contributed by atoms with Crippen LogP contribution in [0.4, 0.5) is 5.82 Å². The number of ether oxygens (including phenoxy) is 2. The lowest BCUT2D eigenvalue weighted by atomic mass is 10.1. The SMILES string of the molecule is [2H]C[C@H]1O[C@@H](n2cnc3c(NC(=O)c4ccccc4)ncnc32)C(OC)C1OP(OCC[N+]#[C-])N(C(C)C)C(C)C.